The molecule has 0 aliphatic heterocycles. The Kier molecular flexibility index (Phi) is 6.07. The van der Waals surface area contributed by atoms with Gasteiger partial charge in [-0.15, -0.1) is 0 Å². The van der Waals surface area contributed by atoms with Gasteiger partial charge in [0.15, 0.2) is 0 Å². The van der Waals surface area contributed by atoms with Crippen molar-refractivity contribution >= 4 is 28.7 Å². The number of hydrogen-bond donors (Lipinski definition) is 1. The minimum atomic E-state index is -0.0261. The monoisotopic (exact) mass is 317 g/mol. The number of para-hydroxylation sites is 1. The van der Waals surface area contributed by atoms with Crippen LogP contribution in [-0.2, 0) is 6.54 Å². The molecule has 0 spiro atoms. The van der Waals surface area contributed by atoms with Crippen molar-refractivity contribution in [3.63, 3.8) is 0 Å². The fraction of sp³-hybridized carbons (Fsp3) is 0.412. The summed E-state index contributed by atoms with van der Waals surface area (Å²) in [5.41, 5.74) is 2.04. The van der Waals surface area contributed by atoms with Crippen LogP contribution in [0.4, 0.5) is 4.79 Å². The standard InChI is InChI=1S/C17H23N3OS/c1-4-14(12-22-3)20(2)17(21)19-11-13-9-10-18-16-8-6-5-7-15(13)16/h5-10,14H,4,11-12H2,1-3H3,(H,19,21). The third kappa shape index (κ3) is 3.91. The second kappa shape index (κ2) is 8.03. The third-order valence-electron chi connectivity index (χ3n) is 3.87. The number of benzene rings is 1. The van der Waals surface area contributed by atoms with E-state index < -0.39 is 0 Å². The Bertz CT molecular complexity index is 627. The maximum Gasteiger partial charge on any atom is 0.317 e. The number of fused-ring (bicyclic) bond motifs is 1. The summed E-state index contributed by atoms with van der Waals surface area (Å²) in [5.74, 6) is 0.957. The van der Waals surface area contributed by atoms with Crippen LogP contribution in [0.2, 0.25) is 0 Å². The van der Waals surface area contributed by atoms with E-state index in [9.17, 15) is 4.79 Å². The molecule has 0 radical (unpaired) electrons. The zero-order valence-corrected chi connectivity index (χ0v) is 14.2. The molecule has 0 saturated heterocycles. The minimum absolute atomic E-state index is 0.0261. The van der Waals surface area contributed by atoms with Crippen LogP contribution in [0.3, 0.4) is 0 Å². The number of urea groups is 1. The highest BCUT2D eigenvalue weighted by Gasteiger charge is 2.17. The van der Waals surface area contributed by atoms with Gasteiger partial charge in [0.25, 0.3) is 0 Å². The van der Waals surface area contributed by atoms with E-state index in [1.165, 1.54) is 0 Å². The van der Waals surface area contributed by atoms with Gasteiger partial charge < -0.3 is 10.2 Å². The Morgan fingerprint density at radius 2 is 2.14 bits per heavy atom. The highest BCUT2D eigenvalue weighted by Crippen LogP contribution is 2.16. The molecule has 0 saturated carbocycles. The maximum absolute atomic E-state index is 12.3. The van der Waals surface area contributed by atoms with E-state index in [4.69, 9.17) is 0 Å². The first kappa shape index (κ1) is 16.6. The summed E-state index contributed by atoms with van der Waals surface area (Å²) in [4.78, 5) is 18.5. The summed E-state index contributed by atoms with van der Waals surface area (Å²) < 4.78 is 0. The second-order valence-corrected chi connectivity index (χ2v) is 6.18. The van der Waals surface area contributed by atoms with E-state index in [2.05, 4.69) is 23.5 Å². The van der Waals surface area contributed by atoms with Gasteiger partial charge in [-0.25, -0.2) is 4.79 Å². The van der Waals surface area contributed by atoms with Crippen LogP contribution in [0.5, 0.6) is 0 Å². The molecule has 4 nitrogen and oxygen atoms in total. The van der Waals surface area contributed by atoms with E-state index in [1.54, 1.807) is 22.9 Å². The Labute approximate surface area is 136 Å². The number of rotatable bonds is 6. The van der Waals surface area contributed by atoms with Crippen molar-refractivity contribution in [3.8, 4) is 0 Å². The van der Waals surface area contributed by atoms with Gasteiger partial charge in [-0.1, -0.05) is 25.1 Å². The van der Waals surface area contributed by atoms with E-state index in [0.29, 0.717) is 6.54 Å². The lowest BCUT2D eigenvalue weighted by molar-refractivity contribution is 0.193. The topological polar surface area (TPSA) is 45.2 Å². The molecule has 5 heteroatoms. The fourth-order valence-corrected chi connectivity index (χ4v) is 3.31. The van der Waals surface area contributed by atoms with Crippen molar-refractivity contribution in [2.24, 2.45) is 0 Å². The number of nitrogens with zero attached hydrogens (tertiary/aromatic N) is 2. The smallest absolute Gasteiger partial charge is 0.317 e. The third-order valence-corrected chi connectivity index (χ3v) is 4.59. The lowest BCUT2D eigenvalue weighted by Gasteiger charge is -2.27. The predicted octanol–water partition coefficient (Wildman–Crippen LogP) is 3.52. The average Bonchev–Trinajstić information content (AvgIpc) is 2.56. The summed E-state index contributed by atoms with van der Waals surface area (Å²) in [6.07, 6.45) is 4.82. The van der Waals surface area contributed by atoms with E-state index in [0.717, 1.165) is 28.6 Å². The molecule has 0 aliphatic rings. The summed E-state index contributed by atoms with van der Waals surface area (Å²) in [5, 5.41) is 4.10. The second-order valence-electron chi connectivity index (χ2n) is 5.27. The molecule has 1 aromatic carbocycles. The van der Waals surface area contributed by atoms with Gasteiger partial charge in [-0.2, -0.15) is 11.8 Å². The Hall–Kier alpha value is -1.75. The maximum atomic E-state index is 12.3. The number of nitrogens with one attached hydrogen (secondary N) is 1. The molecule has 1 unspecified atom stereocenters. The van der Waals surface area contributed by atoms with Crippen LogP contribution < -0.4 is 5.32 Å². The highest BCUT2D eigenvalue weighted by molar-refractivity contribution is 7.98. The van der Waals surface area contributed by atoms with Gasteiger partial charge in [-0.3, -0.25) is 4.98 Å². The molecule has 1 heterocycles. The van der Waals surface area contributed by atoms with Crippen LogP contribution in [0.25, 0.3) is 10.9 Å². The molecule has 118 valence electrons. The van der Waals surface area contributed by atoms with Gasteiger partial charge in [0.1, 0.15) is 0 Å². The molecule has 1 atom stereocenters. The average molecular weight is 317 g/mol. The van der Waals surface area contributed by atoms with Crippen molar-refractivity contribution in [1.82, 2.24) is 15.2 Å². The summed E-state index contributed by atoms with van der Waals surface area (Å²) in [6.45, 7) is 2.63. The van der Waals surface area contributed by atoms with Crippen LogP contribution in [-0.4, -0.2) is 41.0 Å². The van der Waals surface area contributed by atoms with Gasteiger partial charge in [0.05, 0.1) is 5.52 Å². The zero-order valence-electron chi connectivity index (χ0n) is 13.4. The molecule has 22 heavy (non-hydrogen) atoms. The van der Waals surface area contributed by atoms with Gasteiger partial charge in [0.2, 0.25) is 0 Å². The quantitative estimate of drug-likeness (QED) is 0.886. The summed E-state index contributed by atoms with van der Waals surface area (Å²) in [6, 6.07) is 10.2. The lowest BCUT2D eigenvalue weighted by Crippen LogP contribution is -2.44. The molecular weight excluding hydrogens is 294 g/mol. The van der Waals surface area contributed by atoms with E-state index in [-0.39, 0.29) is 12.1 Å². The Morgan fingerprint density at radius 3 is 2.86 bits per heavy atom. The normalized spacial score (nSPS) is 12.1. The van der Waals surface area contributed by atoms with Crippen LogP contribution in [0.1, 0.15) is 18.9 Å². The van der Waals surface area contributed by atoms with E-state index >= 15 is 0 Å². The molecule has 2 amide bonds. The van der Waals surface area contributed by atoms with Crippen molar-refractivity contribution in [3.05, 3.63) is 42.1 Å². The Morgan fingerprint density at radius 1 is 1.36 bits per heavy atom. The molecule has 1 N–H and O–H groups in total. The summed E-state index contributed by atoms with van der Waals surface area (Å²) >= 11 is 1.77. The molecule has 1 aromatic heterocycles. The molecule has 2 aromatic rings. The number of aromatic nitrogens is 1. The van der Waals surface area contributed by atoms with Gasteiger partial charge >= 0.3 is 6.03 Å². The van der Waals surface area contributed by atoms with Crippen LogP contribution >= 0.6 is 11.8 Å². The number of carbonyl (C=O) groups is 1. The van der Waals surface area contributed by atoms with Crippen LogP contribution in [0.15, 0.2) is 36.5 Å². The van der Waals surface area contributed by atoms with Crippen LogP contribution in [0, 0.1) is 0 Å². The molecule has 0 aliphatic carbocycles. The highest BCUT2D eigenvalue weighted by atomic mass is 32.2. The summed E-state index contributed by atoms with van der Waals surface area (Å²) in [7, 11) is 1.87. The first-order chi connectivity index (χ1) is 10.7. The van der Waals surface area contributed by atoms with Crippen molar-refractivity contribution in [1.29, 1.82) is 0 Å². The first-order valence-corrected chi connectivity index (χ1v) is 8.89. The molecule has 2 rings (SSSR count). The number of carbonyl (C=O) groups excluding carboxylic acids is 1. The number of amides is 2. The minimum Gasteiger partial charge on any atom is -0.334 e. The van der Waals surface area contributed by atoms with E-state index in [1.807, 2.05) is 37.4 Å². The zero-order chi connectivity index (χ0) is 15.9. The number of hydrogen-bond acceptors (Lipinski definition) is 3. The van der Waals surface area contributed by atoms with Gasteiger partial charge in [-0.05, 0) is 30.4 Å². The fourth-order valence-electron chi connectivity index (χ4n) is 2.47. The largest absolute Gasteiger partial charge is 0.334 e. The number of pyridine rings is 1. The number of thioether (sulfide) groups is 1. The molecule has 0 bridgehead atoms. The van der Waals surface area contributed by atoms with Crippen molar-refractivity contribution in [2.45, 2.75) is 25.9 Å². The van der Waals surface area contributed by atoms with Gasteiger partial charge in [0, 0.05) is 37.0 Å². The molecular formula is C17H23N3OS. The predicted molar refractivity (Wildman–Crippen MR) is 94.2 cm³/mol. The Balaban J connectivity index is 2.03. The SMILES string of the molecule is CCC(CSC)N(C)C(=O)NCc1ccnc2ccccc12. The van der Waals surface area contributed by atoms with Crippen molar-refractivity contribution < 1.29 is 4.79 Å². The first-order valence-electron chi connectivity index (χ1n) is 7.49. The lowest BCUT2D eigenvalue weighted by atomic mass is 10.1. The van der Waals surface area contributed by atoms with Crippen molar-refractivity contribution in [2.75, 3.05) is 19.1 Å². The molecule has 0 fully saturated rings.